The van der Waals surface area contributed by atoms with Crippen LogP contribution in [0.2, 0.25) is 0 Å². The van der Waals surface area contributed by atoms with Crippen molar-refractivity contribution in [3.05, 3.63) is 24.3 Å². The van der Waals surface area contributed by atoms with Gasteiger partial charge in [-0.05, 0) is 44.0 Å². The molecule has 2 N–H and O–H groups in total. The first-order chi connectivity index (χ1) is 7.81. The Kier molecular flexibility index (Phi) is 2.48. The first-order valence-electron chi connectivity index (χ1n) is 6.09. The molecule has 3 heteroatoms. The summed E-state index contributed by atoms with van der Waals surface area (Å²) in [5, 5.41) is 13.0. The standard InChI is InChI=1S/C13H18N2O/c16-12-3-1-2-11(8-12)14-13-9-15-6-4-10(13)5-7-15/h1-3,8,10,13-14,16H,4-7,9H2. The molecule has 1 atom stereocenters. The maximum Gasteiger partial charge on any atom is 0.117 e. The van der Waals surface area contributed by atoms with Crippen molar-refractivity contribution >= 4 is 5.69 Å². The molecular formula is C13H18N2O. The lowest BCUT2D eigenvalue weighted by Gasteiger charge is -2.45. The maximum atomic E-state index is 9.42. The molecule has 0 aliphatic carbocycles. The van der Waals surface area contributed by atoms with E-state index in [1.165, 1.54) is 25.9 Å². The van der Waals surface area contributed by atoms with E-state index >= 15 is 0 Å². The molecule has 3 saturated heterocycles. The van der Waals surface area contributed by atoms with Gasteiger partial charge in [-0.1, -0.05) is 6.07 Å². The summed E-state index contributed by atoms with van der Waals surface area (Å²) in [6, 6.07) is 7.99. The van der Waals surface area contributed by atoms with Crippen molar-refractivity contribution < 1.29 is 5.11 Å². The van der Waals surface area contributed by atoms with Gasteiger partial charge < -0.3 is 15.3 Å². The van der Waals surface area contributed by atoms with E-state index in [-0.39, 0.29) is 0 Å². The van der Waals surface area contributed by atoms with E-state index in [9.17, 15) is 5.11 Å². The fraction of sp³-hybridized carbons (Fsp3) is 0.538. The van der Waals surface area contributed by atoms with Gasteiger partial charge in [-0.2, -0.15) is 0 Å². The summed E-state index contributed by atoms with van der Waals surface area (Å²) in [4.78, 5) is 2.53. The molecule has 2 bridgehead atoms. The summed E-state index contributed by atoms with van der Waals surface area (Å²) in [7, 11) is 0. The summed E-state index contributed by atoms with van der Waals surface area (Å²) in [5.74, 6) is 1.15. The average molecular weight is 218 g/mol. The lowest BCUT2D eigenvalue weighted by Crippen LogP contribution is -2.53. The molecule has 0 amide bonds. The van der Waals surface area contributed by atoms with Gasteiger partial charge in [0.2, 0.25) is 0 Å². The smallest absolute Gasteiger partial charge is 0.117 e. The van der Waals surface area contributed by atoms with Crippen molar-refractivity contribution in [2.24, 2.45) is 5.92 Å². The van der Waals surface area contributed by atoms with Gasteiger partial charge in [0.15, 0.2) is 0 Å². The Hall–Kier alpha value is -1.22. The predicted octanol–water partition coefficient (Wildman–Crippen LogP) is 1.90. The number of rotatable bonds is 2. The highest BCUT2D eigenvalue weighted by molar-refractivity contribution is 5.48. The van der Waals surface area contributed by atoms with Crippen LogP contribution in [-0.2, 0) is 0 Å². The number of phenols is 1. The largest absolute Gasteiger partial charge is 0.508 e. The molecule has 3 aliphatic rings. The number of anilines is 1. The van der Waals surface area contributed by atoms with Crippen LogP contribution in [0.5, 0.6) is 5.75 Å². The zero-order chi connectivity index (χ0) is 11.0. The Balaban J connectivity index is 1.71. The molecule has 0 spiro atoms. The molecule has 0 saturated carbocycles. The number of nitrogens with zero attached hydrogens (tertiary/aromatic N) is 1. The third kappa shape index (κ3) is 1.87. The molecule has 3 fully saturated rings. The Morgan fingerprint density at radius 3 is 2.69 bits per heavy atom. The Bertz CT molecular complexity index is 372. The van der Waals surface area contributed by atoms with E-state index in [0.29, 0.717) is 11.8 Å². The van der Waals surface area contributed by atoms with Crippen molar-refractivity contribution in [1.82, 2.24) is 4.90 Å². The fourth-order valence-corrected chi connectivity index (χ4v) is 2.94. The molecule has 3 nitrogen and oxygen atoms in total. The molecule has 1 aromatic carbocycles. The third-order valence-corrected chi connectivity index (χ3v) is 3.85. The minimum atomic E-state index is 0.339. The van der Waals surface area contributed by atoms with Crippen LogP contribution in [0.25, 0.3) is 0 Å². The first-order valence-corrected chi connectivity index (χ1v) is 6.09. The Morgan fingerprint density at radius 2 is 2.06 bits per heavy atom. The minimum Gasteiger partial charge on any atom is -0.508 e. The maximum absolute atomic E-state index is 9.42. The Morgan fingerprint density at radius 1 is 1.25 bits per heavy atom. The van der Waals surface area contributed by atoms with Gasteiger partial charge in [0.05, 0.1) is 0 Å². The van der Waals surface area contributed by atoms with Crippen LogP contribution in [0, 0.1) is 5.92 Å². The van der Waals surface area contributed by atoms with E-state index in [1.54, 1.807) is 12.1 Å². The van der Waals surface area contributed by atoms with E-state index in [4.69, 9.17) is 0 Å². The van der Waals surface area contributed by atoms with E-state index in [2.05, 4.69) is 10.2 Å². The highest BCUT2D eigenvalue weighted by Gasteiger charge is 2.33. The van der Waals surface area contributed by atoms with Crippen LogP contribution in [0.3, 0.4) is 0 Å². The van der Waals surface area contributed by atoms with E-state index < -0.39 is 0 Å². The molecule has 16 heavy (non-hydrogen) atoms. The predicted molar refractivity (Wildman–Crippen MR) is 64.7 cm³/mol. The molecule has 0 radical (unpaired) electrons. The van der Waals surface area contributed by atoms with Crippen LogP contribution >= 0.6 is 0 Å². The summed E-state index contributed by atoms with van der Waals surface area (Å²) in [6.45, 7) is 3.69. The number of fused-ring (bicyclic) bond motifs is 3. The van der Waals surface area contributed by atoms with Gasteiger partial charge in [0, 0.05) is 24.3 Å². The van der Waals surface area contributed by atoms with Crippen molar-refractivity contribution in [3.63, 3.8) is 0 Å². The highest BCUT2D eigenvalue weighted by atomic mass is 16.3. The zero-order valence-electron chi connectivity index (χ0n) is 9.39. The zero-order valence-corrected chi connectivity index (χ0v) is 9.39. The number of piperidine rings is 3. The van der Waals surface area contributed by atoms with Crippen molar-refractivity contribution in [2.75, 3.05) is 25.0 Å². The summed E-state index contributed by atoms with van der Waals surface area (Å²) < 4.78 is 0. The number of benzene rings is 1. The molecule has 4 rings (SSSR count). The van der Waals surface area contributed by atoms with Crippen molar-refractivity contribution in [2.45, 2.75) is 18.9 Å². The lowest BCUT2D eigenvalue weighted by molar-refractivity contribution is 0.0975. The average Bonchev–Trinajstić information content (AvgIpc) is 2.30. The number of hydrogen-bond acceptors (Lipinski definition) is 3. The van der Waals surface area contributed by atoms with Crippen LogP contribution in [-0.4, -0.2) is 35.7 Å². The topological polar surface area (TPSA) is 35.5 Å². The number of hydrogen-bond donors (Lipinski definition) is 2. The number of phenolic OH excluding ortho intramolecular Hbond substituents is 1. The molecule has 3 aliphatic heterocycles. The summed E-state index contributed by atoms with van der Waals surface area (Å²) in [6.07, 6.45) is 2.63. The second kappa shape index (κ2) is 3.98. The van der Waals surface area contributed by atoms with Gasteiger partial charge in [-0.15, -0.1) is 0 Å². The normalized spacial score (nSPS) is 32.6. The molecular weight excluding hydrogens is 200 g/mol. The second-order valence-corrected chi connectivity index (χ2v) is 4.94. The summed E-state index contributed by atoms with van der Waals surface area (Å²) >= 11 is 0. The molecule has 1 unspecified atom stereocenters. The first kappa shape index (κ1) is 9.97. The second-order valence-electron chi connectivity index (χ2n) is 4.94. The highest BCUT2D eigenvalue weighted by Crippen LogP contribution is 2.30. The van der Waals surface area contributed by atoms with Gasteiger partial charge in [-0.3, -0.25) is 0 Å². The fourth-order valence-electron chi connectivity index (χ4n) is 2.94. The third-order valence-electron chi connectivity index (χ3n) is 3.85. The van der Waals surface area contributed by atoms with Gasteiger partial charge >= 0.3 is 0 Å². The lowest BCUT2D eigenvalue weighted by atomic mass is 9.84. The SMILES string of the molecule is Oc1cccc(NC2CN3CCC2CC3)c1. The number of aromatic hydroxyl groups is 1. The summed E-state index contributed by atoms with van der Waals surface area (Å²) in [5.41, 5.74) is 1.04. The van der Waals surface area contributed by atoms with Gasteiger partial charge in [0.1, 0.15) is 5.75 Å². The van der Waals surface area contributed by atoms with E-state index in [1.807, 2.05) is 12.1 Å². The van der Waals surface area contributed by atoms with Crippen molar-refractivity contribution in [3.8, 4) is 5.75 Å². The quantitative estimate of drug-likeness (QED) is 0.796. The molecule has 3 heterocycles. The van der Waals surface area contributed by atoms with Crippen LogP contribution < -0.4 is 5.32 Å². The molecule has 0 aromatic heterocycles. The van der Waals surface area contributed by atoms with Crippen LogP contribution in [0.4, 0.5) is 5.69 Å². The molecule has 1 aromatic rings. The van der Waals surface area contributed by atoms with Gasteiger partial charge in [0.25, 0.3) is 0 Å². The van der Waals surface area contributed by atoms with Crippen LogP contribution in [0.15, 0.2) is 24.3 Å². The monoisotopic (exact) mass is 218 g/mol. The van der Waals surface area contributed by atoms with Crippen LogP contribution in [0.1, 0.15) is 12.8 Å². The van der Waals surface area contributed by atoms with Crippen molar-refractivity contribution in [1.29, 1.82) is 0 Å². The minimum absolute atomic E-state index is 0.339. The van der Waals surface area contributed by atoms with Gasteiger partial charge in [-0.25, -0.2) is 0 Å². The molecule has 86 valence electrons. The Labute approximate surface area is 96.1 Å². The number of nitrogens with one attached hydrogen (secondary N) is 1. The van der Waals surface area contributed by atoms with E-state index in [0.717, 1.165) is 18.2 Å².